The minimum absolute atomic E-state index is 0.0427. The first-order valence-corrected chi connectivity index (χ1v) is 7.05. The third-order valence-corrected chi connectivity index (χ3v) is 3.58. The number of imidazole rings is 1. The monoisotopic (exact) mass is 274 g/mol. The van der Waals surface area contributed by atoms with Gasteiger partial charge in [-0.05, 0) is 27.7 Å². The van der Waals surface area contributed by atoms with Crippen molar-refractivity contribution in [2.24, 2.45) is 0 Å². The van der Waals surface area contributed by atoms with Crippen LogP contribution >= 0.6 is 0 Å². The summed E-state index contributed by atoms with van der Waals surface area (Å²) in [5, 5.41) is 2.58. The molecule has 0 aliphatic carbocycles. The van der Waals surface area contributed by atoms with Crippen molar-refractivity contribution in [3.8, 4) is 0 Å². The van der Waals surface area contributed by atoms with Crippen LogP contribution in [0.4, 0.5) is 0 Å². The number of H-pyrrole nitrogens is 1. The molecular weight excluding hydrogens is 256 g/mol. The first kappa shape index (κ1) is 14.7. The number of hydrogen-bond donors (Lipinski definition) is 3. The Bertz CT molecular complexity index is 521. The largest absolute Gasteiger partial charge is 0.353 e. The molecule has 0 aliphatic rings. The Labute approximate surface area is 106 Å². The SMILES string of the molecule is Cc1ncc(S(=O)(=O)NC(C)C(=O)NC(C)C)[nH]1. The average molecular weight is 274 g/mol. The fourth-order valence-corrected chi connectivity index (χ4v) is 2.47. The van der Waals surface area contributed by atoms with Crippen LogP contribution in [0.2, 0.25) is 0 Å². The first-order chi connectivity index (χ1) is 8.22. The summed E-state index contributed by atoms with van der Waals surface area (Å²) in [6, 6.07) is -0.889. The number of nitrogens with zero attached hydrogens (tertiary/aromatic N) is 1. The molecule has 1 amide bonds. The Balaban J connectivity index is 2.75. The van der Waals surface area contributed by atoms with Crippen molar-refractivity contribution in [3.05, 3.63) is 12.0 Å². The van der Waals surface area contributed by atoms with Gasteiger partial charge in [0.2, 0.25) is 5.91 Å². The van der Waals surface area contributed by atoms with E-state index in [2.05, 4.69) is 20.0 Å². The van der Waals surface area contributed by atoms with E-state index in [1.807, 2.05) is 0 Å². The molecule has 0 saturated carbocycles. The maximum absolute atomic E-state index is 11.9. The number of sulfonamides is 1. The van der Waals surface area contributed by atoms with Gasteiger partial charge in [0.05, 0.1) is 12.2 Å². The van der Waals surface area contributed by atoms with Gasteiger partial charge >= 0.3 is 0 Å². The van der Waals surface area contributed by atoms with Gasteiger partial charge in [-0.2, -0.15) is 4.72 Å². The topological polar surface area (TPSA) is 104 Å². The summed E-state index contributed by atoms with van der Waals surface area (Å²) < 4.78 is 26.0. The lowest BCUT2D eigenvalue weighted by molar-refractivity contribution is -0.122. The second-order valence-corrected chi connectivity index (χ2v) is 6.02. The van der Waals surface area contributed by atoms with E-state index < -0.39 is 16.1 Å². The minimum Gasteiger partial charge on any atom is -0.353 e. The molecule has 1 atom stereocenters. The molecule has 102 valence electrons. The van der Waals surface area contributed by atoms with Crippen molar-refractivity contribution < 1.29 is 13.2 Å². The predicted octanol–water partition coefficient (Wildman–Crippen LogP) is -0.0905. The highest BCUT2D eigenvalue weighted by Crippen LogP contribution is 2.05. The zero-order chi connectivity index (χ0) is 13.9. The van der Waals surface area contributed by atoms with E-state index in [4.69, 9.17) is 0 Å². The number of aromatic amines is 1. The number of carbonyl (C=O) groups excluding carboxylic acids is 1. The van der Waals surface area contributed by atoms with E-state index in [0.29, 0.717) is 5.82 Å². The minimum atomic E-state index is -3.75. The molecule has 0 saturated heterocycles. The van der Waals surface area contributed by atoms with E-state index in [9.17, 15) is 13.2 Å². The Morgan fingerprint density at radius 3 is 2.44 bits per heavy atom. The summed E-state index contributed by atoms with van der Waals surface area (Å²) >= 11 is 0. The maximum Gasteiger partial charge on any atom is 0.258 e. The lowest BCUT2D eigenvalue weighted by Gasteiger charge is -2.15. The highest BCUT2D eigenvalue weighted by atomic mass is 32.2. The summed E-state index contributed by atoms with van der Waals surface area (Å²) in [5.41, 5.74) is 0. The van der Waals surface area contributed by atoms with Gasteiger partial charge in [-0.3, -0.25) is 4.79 Å². The van der Waals surface area contributed by atoms with E-state index >= 15 is 0 Å². The molecule has 18 heavy (non-hydrogen) atoms. The molecule has 0 aliphatic heterocycles. The van der Waals surface area contributed by atoms with Gasteiger partial charge in [0.15, 0.2) is 5.03 Å². The summed E-state index contributed by atoms with van der Waals surface area (Å²) in [4.78, 5) is 18.0. The van der Waals surface area contributed by atoms with Crippen molar-refractivity contribution in [1.82, 2.24) is 20.0 Å². The molecule has 8 heteroatoms. The molecule has 0 fully saturated rings. The van der Waals surface area contributed by atoms with Gasteiger partial charge < -0.3 is 10.3 Å². The summed E-state index contributed by atoms with van der Waals surface area (Å²) in [5.74, 6) is 0.125. The highest BCUT2D eigenvalue weighted by Gasteiger charge is 2.23. The summed E-state index contributed by atoms with van der Waals surface area (Å²) in [6.07, 6.45) is 1.21. The van der Waals surface area contributed by atoms with Crippen LogP contribution in [0.5, 0.6) is 0 Å². The molecule has 1 aromatic rings. The number of aryl methyl sites for hydroxylation is 1. The van der Waals surface area contributed by atoms with E-state index in [-0.39, 0.29) is 17.0 Å². The number of hydrogen-bond acceptors (Lipinski definition) is 4. The Hall–Kier alpha value is -1.41. The van der Waals surface area contributed by atoms with E-state index in [1.165, 1.54) is 13.1 Å². The van der Waals surface area contributed by atoms with E-state index in [1.54, 1.807) is 20.8 Å². The van der Waals surface area contributed by atoms with Gasteiger partial charge in [0.1, 0.15) is 5.82 Å². The zero-order valence-corrected chi connectivity index (χ0v) is 11.6. The Morgan fingerprint density at radius 1 is 1.39 bits per heavy atom. The van der Waals surface area contributed by atoms with Crippen LogP contribution in [-0.2, 0) is 14.8 Å². The second-order valence-electron chi connectivity index (χ2n) is 4.34. The van der Waals surface area contributed by atoms with Crippen molar-refractivity contribution in [2.75, 3.05) is 0 Å². The lowest BCUT2D eigenvalue weighted by Crippen LogP contribution is -2.46. The Morgan fingerprint density at radius 2 is 2.00 bits per heavy atom. The molecule has 0 spiro atoms. The van der Waals surface area contributed by atoms with Gasteiger partial charge in [-0.25, -0.2) is 13.4 Å². The predicted molar refractivity (Wildman–Crippen MR) is 66.4 cm³/mol. The number of amides is 1. The number of aromatic nitrogens is 2. The lowest BCUT2D eigenvalue weighted by atomic mass is 10.3. The zero-order valence-electron chi connectivity index (χ0n) is 10.8. The molecule has 0 radical (unpaired) electrons. The standard InChI is InChI=1S/C10H18N4O3S/c1-6(2)12-10(15)7(3)14-18(16,17)9-5-11-8(4)13-9/h5-7,14H,1-4H3,(H,11,13)(H,12,15). The van der Waals surface area contributed by atoms with Crippen LogP contribution in [0.3, 0.4) is 0 Å². The average Bonchev–Trinajstić information content (AvgIpc) is 2.63. The molecule has 1 unspecified atom stereocenters. The van der Waals surface area contributed by atoms with Crippen molar-refractivity contribution in [3.63, 3.8) is 0 Å². The normalized spacial score (nSPS) is 13.6. The third-order valence-electron chi connectivity index (χ3n) is 2.13. The summed E-state index contributed by atoms with van der Waals surface area (Å²) in [7, 11) is -3.75. The van der Waals surface area contributed by atoms with Crippen LogP contribution in [0.25, 0.3) is 0 Å². The van der Waals surface area contributed by atoms with Crippen molar-refractivity contribution >= 4 is 15.9 Å². The maximum atomic E-state index is 11.9. The molecule has 0 bridgehead atoms. The van der Waals surface area contributed by atoms with Crippen LogP contribution in [0.1, 0.15) is 26.6 Å². The number of rotatable bonds is 5. The molecule has 3 N–H and O–H groups in total. The van der Waals surface area contributed by atoms with E-state index in [0.717, 1.165) is 0 Å². The van der Waals surface area contributed by atoms with Crippen LogP contribution in [-0.4, -0.2) is 36.4 Å². The third kappa shape index (κ3) is 3.81. The van der Waals surface area contributed by atoms with Gasteiger partial charge in [-0.1, -0.05) is 0 Å². The van der Waals surface area contributed by atoms with Crippen LogP contribution in [0, 0.1) is 6.92 Å². The van der Waals surface area contributed by atoms with Crippen molar-refractivity contribution in [2.45, 2.75) is 44.8 Å². The number of carbonyl (C=O) groups is 1. The fraction of sp³-hybridized carbons (Fsp3) is 0.600. The molecule has 0 aromatic carbocycles. The molecule has 7 nitrogen and oxygen atoms in total. The van der Waals surface area contributed by atoms with Crippen LogP contribution in [0.15, 0.2) is 11.2 Å². The molecule has 1 heterocycles. The second kappa shape index (κ2) is 5.49. The van der Waals surface area contributed by atoms with Crippen molar-refractivity contribution in [1.29, 1.82) is 0 Å². The molecular formula is C10H18N4O3S. The first-order valence-electron chi connectivity index (χ1n) is 5.56. The number of nitrogens with one attached hydrogen (secondary N) is 3. The Kier molecular flexibility index (Phi) is 4.47. The van der Waals surface area contributed by atoms with Gasteiger partial charge in [0.25, 0.3) is 10.0 Å². The van der Waals surface area contributed by atoms with Crippen LogP contribution < -0.4 is 10.0 Å². The quantitative estimate of drug-likeness (QED) is 0.698. The molecule has 1 rings (SSSR count). The van der Waals surface area contributed by atoms with Gasteiger partial charge in [0, 0.05) is 6.04 Å². The smallest absolute Gasteiger partial charge is 0.258 e. The molecule has 1 aromatic heterocycles. The van der Waals surface area contributed by atoms with Gasteiger partial charge in [-0.15, -0.1) is 0 Å². The fourth-order valence-electron chi connectivity index (χ4n) is 1.29. The highest BCUT2D eigenvalue weighted by molar-refractivity contribution is 7.89. The summed E-state index contributed by atoms with van der Waals surface area (Å²) in [6.45, 7) is 6.74.